The SMILES string of the molecule is CN(C)c1ncccc1C(=O)NCCC1CC2CCC1C2. The first-order valence-electron chi connectivity index (χ1n) is 8.05. The highest BCUT2D eigenvalue weighted by Gasteiger charge is 2.38. The summed E-state index contributed by atoms with van der Waals surface area (Å²) in [4.78, 5) is 18.5. The van der Waals surface area contributed by atoms with Gasteiger partial charge in [0, 0.05) is 26.8 Å². The van der Waals surface area contributed by atoms with Crippen molar-refractivity contribution >= 4 is 11.7 Å². The lowest BCUT2D eigenvalue weighted by Gasteiger charge is -2.21. The second kappa shape index (κ2) is 6.04. The zero-order valence-corrected chi connectivity index (χ0v) is 13.0. The molecule has 0 aromatic carbocycles. The van der Waals surface area contributed by atoms with E-state index in [4.69, 9.17) is 0 Å². The third kappa shape index (κ3) is 3.04. The van der Waals surface area contributed by atoms with E-state index in [-0.39, 0.29) is 5.91 Å². The minimum absolute atomic E-state index is 0.00467. The van der Waals surface area contributed by atoms with E-state index in [9.17, 15) is 4.79 Å². The largest absolute Gasteiger partial charge is 0.362 e. The van der Waals surface area contributed by atoms with Gasteiger partial charge in [-0.25, -0.2) is 4.98 Å². The zero-order chi connectivity index (χ0) is 14.8. The van der Waals surface area contributed by atoms with Crippen molar-refractivity contribution in [1.82, 2.24) is 10.3 Å². The van der Waals surface area contributed by atoms with Gasteiger partial charge >= 0.3 is 0 Å². The van der Waals surface area contributed by atoms with Crippen LogP contribution in [0.4, 0.5) is 5.82 Å². The molecule has 4 heteroatoms. The van der Waals surface area contributed by atoms with Crippen molar-refractivity contribution in [3.63, 3.8) is 0 Å². The number of aromatic nitrogens is 1. The van der Waals surface area contributed by atoms with E-state index in [1.54, 1.807) is 6.20 Å². The van der Waals surface area contributed by atoms with Crippen molar-refractivity contribution in [3.05, 3.63) is 23.9 Å². The van der Waals surface area contributed by atoms with Crippen LogP contribution in [-0.4, -0.2) is 31.5 Å². The Bertz CT molecular complexity index is 515. The van der Waals surface area contributed by atoms with Crippen LogP contribution in [0.25, 0.3) is 0 Å². The smallest absolute Gasteiger partial charge is 0.255 e. The van der Waals surface area contributed by atoms with Gasteiger partial charge in [-0.2, -0.15) is 0 Å². The number of fused-ring (bicyclic) bond motifs is 2. The van der Waals surface area contributed by atoms with Gasteiger partial charge in [-0.3, -0.25) is 4.79 Å². The molecule has 3 unspecified atom stereocenters. The van der Waals surface area contributed by atoms with Crippen molar-refractivity contribution in [1.29, 1.82) is 0 Å². The first kappa shape index (κ1) is 14.4. The first-order valence-corrected chi connectivity index (χ1v) is 8.05. The fourth-order valence-electron chi connectivity index (χ4n) is 4.13. The van der Waals surface area contributed by atoms with E-state index in [1.165, 1.54) is 25.7 Å². The van der Waals surface area contributed by atoms with Gasteiger partial charge in [-0.1, -0.05) is 6.42 Å². The maximum atomic E-state index is 12.3. The number of carbonyl (C=O) groups excluding carboxylic acids is 1. The summed E-state index contributed by atoms with van der Waals surface area (Å²) in [5, 5.41) is 3.07. The lowest BCUT2D eigenvalue weighted by atomic mass is 9.86. The number of amides is 1. The third-order valence-corrected chi connectivity index (χ3v) is 5.14. The lowest BCUT2D eigenvalue weighted by molar-refractivity contribution is 0.0950. The van der Waals surface area contributed by atoms with Gasteiger partial charge < -0.3 is 10.2 Å². The first-order chi connectivity index (χ1) is 10.1. The van der Waals surface area contributed by atoms with Crippen LogP contribution < -0.4 is 10.2 Å². The molecule has 0 spiro atoms. The summed E-state index contributed by atoms with van der Waals surface area (Å²) >= 11 is 0. The Labute approximate surface area is 126 Å². The molecule has 3 rings (SSSR count). The van der Waals surface area contributed by atoms with Crippen LogP contribution in [-0.2, 0) is 0 Å². The van der Waals surface area contributed by atoms with Crippen molar-refractivity contribution in [3.8, 4) is 0 Å². The van der Waals surface area contributed by atoms with Crippen LogP contribution in [0.2, 0.25) is 0 Å². The minimum Gasteiger partial charge on any atom is -0.362 e. The molecule has 2 aliphatic rings. The number of carbonyl (C=O) groups is 1. The zero-order valence-electron chi connectivity index (χ0n) is 13.0. The molecule has 1 aromatic heterocycles. The molecule has 0 saturated heterocycles. The molecular formula is C17H25N3O. The van der Waals surface area contributed by atoms with Gasteiger partial charge in [0.05, 0.1) is 5.56 Å². The van der Waals surface area contributed by atoms with Crippen LogP contribution in [0.3, 0.4) is 0 Å². The predicted molar refractivity (Wildman–Crippen MR) is 84.5 cm³/mol. The van der Waals surface area contributed by atoms with Crippen LogP contribution in [0.15, 0.2) is 18.3 Å². The summed E-state index contributed by atoms with van der Waals surface area (Å²) in [6.45, 7) is 0.786. The van der Waals surface area contributed by atoms with E-state index in [0.717, 1.165) is 36.5 Å². The van der Waals surface area contributed by atoms with Gasteiger partial charge in [0.2, 0.25) is 0 Å². The second-order valence-electron chi connectivity index (χ2n) is 6.75. The average molecular weight is 287 g/mol. The van der Waals surface area contributed by atoms with Crippen molar-refractivity contribution in [2.45, 2.75) is 32.1 Å². The van der Waals surface area contributed by atoms with Gasteiger partial charge in [-0.05, 0) is 55.6 Å². The monoisotopic (exact) mass is 287 g/mol. The molecule has 2 fully saturated rings. The van der Waals surface area contributed by atoms with E-state index in [2.05, 4.69) is 10.3 Å². The number of pyridine rings is 1. The Kier molecular flexibility index (Phi) is 4.13. The highest BCUT2D eigenvalue weighted by molar-refractivity contribution is 5.98. The minimum atomic E-state index is -0.00467. The van der Waals surface area contributed by atoms with Gasteiger partial charge in [-0.15, -0.1) is 0 Å². The molecule has 2 bridgehead atoms. The summed E-state index contributed by atoms with van der Waals surface area (Å²) in [6, 6.07) is 3.66. The van der Waals surface area contributed by atoms with Gasteiger partial charge in [0.25, 0.3) is 5.91 Å². The van der Waals surface area contributed by atoms with E-state index >= 15 is 0 Å². The Hall–Kier alpha value is -1.58. The Morgan fingerprint density at radius 1 is 1.38 bits per heavy atom. The molecule has 114 valence electrons. The summed E-state index contributed by atoms with van der Waals surface area (Å²) in [7, 11) is 3.82. The van der Waals surface area contributed by atoms with E-state index in [0.29, 0.717) is 5.56 Å². The molecule has 0 aliphatic heterocycles. The van der Waals surface area contributed by atoms with Gasteiger partial charge in [0.15, 0.2) is 0 Å². The third-order valence-electron chi connectivity index (χ3n) is 5.14. The van der Waals surface area contributed by atoms with Gasteiger partial charge in [0.1, 0.15) is 5.82 Å². The average Bonchev–Trinajstić information content (AvgIpc) is 3.09. The molecule has 3 atom stereocenters. The maximum Gasteiger partial charge on any atom is 0.255 e. The number of rotatable bonds is 5. The second-order valence-corrected chi connectivity index (χ2v) is 6.75. The highest BCUT2D eigenvalue weighted by Crippen LogP contribution is 2.49. The molecule has 1 N–H and O–H groups in total. The van der Waals surface area contributed by atoms with Crippen LogP contribution in [0.1, 0.15) is 42.5 Å². The molecule has 2 aliphatic carbocycles. The Balaban J connectivity index is 1.53. The Morgan fingerprint density at radius 2 is 2.24 bits per heavy atom. The topological polar surface area (TPSA) is 45.2 Å². The quantitative estimate of drug-likeness (QED) is 0.905. The number of anilines is 1. The number of hydrogen-bond acceptors (Lipinski definition) is 3. The molecule has 1 amide bonds. The number of nitrogens with zero attached hydrogens (tertiary/aromatic N) is 2. The molecular weight excluding hydrogens is 262 g/mol. The van der Waals surface area contributed by atoms with Crippen LogP contribution >= 0.6 is 0 Å². The molecule has 4 nitrogen and oxygen atoms in total. The number of hydrogen-bond donors (Lipinski definition) is 1. The molecule has 0 radical (unpaired) electrons. The molecule has 1 aromatic rings. The molecule has 2 saturated carbocycles. The van der Waals surface area contributed by atoms with Crippen LogP contribution in [0, 0.1) is 17.8 Å². The maximum absolute atomic E-state index is 12.3. The summed E-state index contributed by atoms with van der Waals surface area (Å²) < 4.78 is 0. The predicted octanol–water partition coefficient (Wildman–Crippen LogP) is 2.70. The molecule has 21 heavy (non-hydrogen) atoms. The fraction of sp³-hybridized carbons (Fsp3) is 0.647. The molecule has 1 heterocycles. The van der Waals surface area contributed by atoms with E-state index in [1.807, 2.05) is 31.1 Å². The highest BCUT2D eigenvalue weighted by atomic mass is 16.1. The number of nitrogens with one attached hydrogen (secondary N) is 1. The van der Waals surface area contributed by atoms with Crippen molar-refractivity contribution in [2.75, 3.05) is 25.5 Å². The van der Waals surface area contributed by atoms with E-state index < -0.39 is 0 Å². The normalized spacial score (nSPS) is 26.9. The fourth-order valence-corrected chi connectivity index (χ4v) is 4.13. The van der Waals surface area contributed by atoms with Crippen molar-refractivity contribution < 1.29 is 4.79 Å². The summed E-state index contributed by atoms with van der Waals surface area (Å²) in [6.07, 6.45) is 8.53. The standard InChI is InChI=1S/C17H25N3O/c1-20(2)16-15(4-3-8-18-16)17(21)19-9-7-14-11-12-5-6-13(14)10-12/h3-4,8,12-14H,5-7,9-11H2,1-2H3,(H,19,21). The summed E-state index contributed by atoms with van der Waals surface area (Å²) in [5.41, 5.74) is 0.662. The van der Waals surface area contributed by atoms with Crippen LogP contribution in [0.5, 0.6) is 0 Å². The van der Waals surface area contributed by atoms with Crippen molar-refractivity contribution in [2.24, 2.45) is 17.8 Å². The summed E-state index contributed by atoms with van der Waals surface area (Å²) in [5.74, 6) is 3.48. The lowest BCUT2D eigenvalue weighted by Crippen LogP contribution is -2.29. The Morgan fingerprint density at radius 3 is 2.90 bits per heavy atom.